The summed E-state index contributed by atoms with van der Waals surface area (Å²) in [4.78, 5) is 26.0. The summed E-state index contributed by atoms with van der Waals surface area (Å²) in [5.41, 5.74) is 2.05. The van der Waals surface area contributed by atoms with Crippen molar-refractivity contribution in [1.29, 1.82) is 0 Å². The van der Waals surface area contributed by atoms with Crippen LogP contribution in [0, 0.1) is 10.1 Å². The number of nitro groups is 1. The van der Waals surface area contributed by atoms with E-state index < -0.39 is 11.0 Å². The summed E-state index contributed by atoms with van der Waals surface area (Å²) in [6.07, 6.45) is 0. The molecule has 5 N–H and O–H groups in total. The van der Waals surface area contributed by atoms with Crippen LogP contribution in [0.3, 0.4) is 0 Å². The van der Waals surface area contributed by atoms with E-state index in [4.69, 9.17) is 10.6 Å². The largest absolute Gasteiger partial charge is 0.383 e. The van der Waals surface area contributed by atoms with Gasteiger partial charge in [-0.15, -0.1) is 0 Å². The predicted octanol–water partition coefficient (Wildman–Crippen LogP) is -0.162. The van der Waals surface area contributed by atoms with Crippen LogP contribution in [0.15, 0.2) is 12.1 Å². The van der Waals surface area contributed by atoms with Crippen LogP contribution in [0.25, 0.3) is 0 Å². The first-order valence-electron chi connectivity index (χ1n) is 6.14. The average Bonchev–Trinajstić information content (AvgIpc) is 2.46. The third-order valence-electron chi connectivity index (χ3n) is 2.53. The van der Waals surface area contributed by atoms with Gasteiger partial charge < -0.3 is 20.8 Å². The van der Waals surface area contributed by atoms with Crippen LogP contribution in [-0.4, -0.2) is 42.1 Å². The van der Waals surface area contributed by atoms with Crippen LogP contribution >= 0.6 is 0 Å². The Labute approximate surface area is 121 Å². The zero-order valence-corrected chi connectivity index (χ0v) is 11.8. The molecule has 0 aromatic carbocycles. The number of nitrogens with zero attached hydrogens (tertiary/aromatic N) is 2. The molecule has 1 unspecified atom stereocenters. The van der Waals surface area contributed by atoms with Crippen molar-refractivity contribution in [3.63, 3.8) is 0 Å². The van der Waals surface area contributed by atoms with Gasteiger partial charge in [-0.25, -0.2) is 10.8 Å². The van der Waals surface area contributed by atoms with Gasteiger partial charge in [0, 0.05) is 13.7 Å². The van der Waals surface area contributed by atoms with E-state index in [0.29, 0.717) is 13.2 Å². The number of hydrogen-bond donors (Lipinski definition) is 4. The quantitative estimate of drug-likeness (QED) is 0.224. The molecular formula is C11H18N6O4. The number of anilines is 2. The van der Waals surface area contributed by atoms with E-state index >= 15 is 0 Å². The molecule has 0 bridgehead atoms. The Hall–Kier alpha value is -2.46. The second-order valence-corrected chi connectivity index (χ2v) is 4.15. The number of amides is 1. The normalized spacial score (nSPS) is 11.6. The van der Waals surface area contributed by atoms with Crippen molar-refractivity contribution < 1.29 is 14.5 Å². The second kappa shape index (κ2) is 7.97. The number of aromatic nitrogens is 1. The number of nitrogens with two attached hydrogens (primary N) is 1. The Kier molecular flexibility index (Phi) is 6.30. The summed E-state index contributed by atoms with van der Waals surface area (Å²) < 4.78 is 4.82. The van der Waals surface area contributed by atoms with Crippen molar-refractivity contribution in [3.05, 3.63) is 22.2 Å². The molecule has 0 aliphatic heterocycles. The molecular weight excluding hydrogens is 280 g/mol. The van der Waals surface area contributed by atoms with Crippen molar-refractivity contribution in [1.82, 2.24) is 10.3 Å². The Morgan fingerprint density at radius 2 is 2.19 bits per heavy atom. The lowest BCUT2D eigenvalue weighted by Crippen LogP contribution is -2.39. The van der Waals surface area contributed by atoms with Gasteiger partial charge in [-0.3, -0.25) is 14.9 Å². The van der Waals surface area contributed by atoms with Gasteiger partial charge in [0.25, 0.3) is 5.69 Å². The van der Waals surface area contributed by atoms with Crippen molar-refractivity contribution >= 4 is 23.2 Å². The Morgan fingerprint density at radius 3 is 2.76 bits per heavy atom. The van der Waals surface area contributed by atoms with Crippen LogP contribution < -0.4 is 21.9 Å². The van der Waals surface area contributed by atoms with Crippen LogP contribution in [0.1, 0.15) is 6.92 Å². The first-order chi connectivity index (χ1) is 9.97. The number of nitrogen functional groups attached to an aromatic ring is 1. The molecule has 1 amide bonds. The molecule has 1 atom stereocenters. The number of hydrazine groups is 1. The Balaban J connectivity index is 2.74. The highest BCUT2D eigenvalue weighted by Crippen LogP contribution is 2.20. The number of nitrogens with one attached hydrogen (secondary N) is 3. The number of ether oxygens (including phenoxy) is 1. The summed E-state index contributed by atoms with van der Waals surface area (Å²) in [6, 6.07) is 1.79. The highest BCUT2D eigenvalue weighted by Gasteiger charge is 2.16. The molecule has 1 rings (SSSR count). The zero-order chi connectivity index (χ0) is 15.8. The minimum absolute atomic E-state index is 0.124. The fourth-order valence-corrected chi connectivity index (χ4v) is 1.49. The average molecular weight is 298 g/mol. The maximum absolute atomic E-state index is 11.8. The lowest BCUT2D eigenvalue weighted by molar-refractivity contribution is -0.384. The van der Waals surface area contributed by atoms with Gasteiger partial charge in [-0.1, -0.05) is 0 Å². The first kappa shape index (κ1) is 16.6. The first-order valence-corrected chi connectivity index (χ1v) is 6.14. The molecule has 21 heavy (non-hydrogen) atoms. The van der Waals surface area contributed by atoms with Gasteiger partial charge in [0.1, 0.15) is 17.7 Å². The van der Waals surface area contributed by atoms with Crippen LogP contribution in [0.2, 0.25) is 0 Å². The summed E-state index contributed by atoms with van der Waals surface area (Å²) in [7, 11) is 1.53. The minimum Gasteiger partial charge on any atom is -0.383 e. The number of rotatable bonds is 8. The highest BCUT2D eigenvalue weighted by molar-refractivity contribution is 5.84. The molecule has 116 valence electrons. The molecule has 10 nitrogen and oxygen atoms in total. The molecule has 1 aromatic heterocycles. The van der Waals surface area contributed by atoms with Crippen molar-refractivity contribution in [2.24, 2.45) is 5.84 Å². The molecule has 0 aliphatic carbocycles. The second-order valence-electron chi connectivity index (χ2n) is 4.15. The maximum atomic E-state index is 11.8. The van der Waals surface area contributed by atoms with Crippen LogP contribution in [0.5, 0.6) is 0 Å². The van der Waals surface area contributed by atoms with E-state index in [-0.39, 0.29) is 23.2 Å². The van der Waals surface area contributed by atoms with Crippen LogP contribution in [-0.2, 0) is 9.53 Å². The van der Waals surface area contributed by atoms with Gasteiger partial charge in [-0.05, 0) is 6.92 Å². The SMILES string of the molecule is COCCNC(=O)C(C)Nc1cc([N+](=O)[O-])cc(NN)n1. The van der Waals surface area contributed by atoms with E-state index in [9.17, 15) is 14.9 Å². The third kappa shape index (κ3) is 5.20. The van der Waals surface area contributed by atoms with Gasteiger partial charge in [-0.2, -0.15) is 0 Å². The highest BCUT2D eigenvalue weighted by atomic mass is 16.6. The van der Waals surface area contributed by atoms with Crippen molar-refractivity contribution in [2.75, 3.05) is 31.0 Å². The summed E-state index contributed by atoms with van der Waals surface area (Å²) in [6.45, 7) is 2.38. The third-order valence-corrected chi connectivity index (χ3v) is 2.53. The molecule has 0 spiro atoms. The van der Waals surface area contributed by atoms with E-state index in [0.717, 1.165) is 0 Å². The molecule has 0 radical (unpaired) electrons. The monoisotopic (exact) mass is 298 g/mol. The molecule has 0 fully saturated rings. The molecule has 0 saturated heterocycles. The summed E-state index contributed by atoms with van der Waals surface area (Å²) in [5.74, 6) is 5.22. The fourth-order valence-electron chi connectivity index (χ4n) is 1.49. The minimum atomic E-state index is -0.623. The maximum Gasteiger partial charge on any atom is 0.276 e. The van der Waals surface area contributed by atoms with Crippen molar-refractivity contribution in [3.8, 4) is 0 Å². The van der Waals surface area contributed by atoms with Crippen LogP contribution in [0.4, 0.5) is 17.3 Å². The van der Waals surface area contributed by atoms with E-state index in [1.54, 1.807) is 6.92 Å². The summed E-state index contributed by atoms with van der Waals surface area (Å²) >= 11 is 0. The van der Waals surface area contributed by atoms with E-state index in [1.165, 1.54) is 19.2 Å². The number of carbonyl (C=O) groups excluding carboxylic acids is 1. The number of methoxy groups -OCH3 is 1. The molecule has 0 saturated carbocycles. The zero-order valence-electron chi connectivity index (χ0n) is 11.8. The smallest absolute Gasteiger partial charge is 0.276 e. The van der Waals surface area contributed by atoms with Gasteiger partial charge >= 0.3 is 0 Å². The van der Waals surface area contributed by atoms with Crippen molar-refractivity contribution in [2.45, 2.75) is 13.0 Å². The predicted molar refractivity (Wildman–Crippen MR) is 76.7 cm³/mol. The number of carbonyl (C=O) groups is 1. The van der Waals surface area contributed by atoms with Gasteiger partial charge in [0.05, 0.1) is 23.7 Å². The van der Waals surface area contributed by atoms with Gasteiger partial charge in [0.2, 0.25) is 5.91 Å². The van der Waals surface area contributed by atoms with E-state index in [2.05, 4.69) is 21.0 Å². The molecule has 1 heterocycles. The summed E-state index contributed by atoms with van der Waals surface area (Å²) in [5, 5.41) is 16.2. The topological polar surface area (TPSA) is 144 Å². The number of hydrogen-bond acceptors (Lipinski definition) is 8. The van der Waals surface area contributed by atoms with E-state index in [1.807, 2.05) is 0 Å². The number of pyridine rings is 1. The lowest BCUT2D eigenvalue weighted by atomic mass is 10.3. The molecule has 10 heteroatoms. The van der Waals surface area contributed by atoms with Gasteiger partial charge in [0.15, 0.2) is 0 Å². The fraction of sp³-hybridized carbons (Fsp3) is 0.455. The lowest BCUT2D eigenvalue weighted by Gasteiger charge is -2.15. The molecule has 1 aromatic rings. The molecule has 0 aliphatic rings. The Bertz CT molecular complexity index is 509. The Morgan fingerprint density at radius 1 is 1.52 bits per heavy atom. The standard InChI is InChI=1S/C11H18N6O4/c1-7(11(18)13-3-4-21-2)14-9-5-8(17(19)20)6-10(15-9)16-12/h5-7H,3-4,12H2,1-2H3,(H,13,18)(H2,14,15,16).